The van der Waals surface area contributed by atoms with E-state index in [1.54, 1.807) is 0 Å². The molecule has 0 spiro atoms. The molecule has 0 heterocycles. The zero-order valence-corrected chi connectivity index (χ0v) is 11.4. The predicted molar refractivity (Wildman–Crippen MR) is 68.1 cm³/mol. The quantitative estimate of drug-likeness (QED) is 0.720. The van der Waals surface area contributed by atoms with Gasteiger partial charge in [0.15, 0.2) is 17.0 Å². The van der Waals surface area contributed by atoms with Gasteiger partial charge in [-0.1, -0.05) is 24.3 Å². The number of halogens is 6. The minimum Gasteiger partial charge on any atom is -0.290 e. The Morgan fingerprint density at radius 1 is 0.609 bits per heavy atom. The predicted octanol–water partition coefficient (Wildman–Crippen LogP) is 3.72. The molecular weight excluding hydrogens is 326 g/mol. The van der Waals surface area contributed by atoms with Crippen LogP contribution >= 0.6 is 0 Å². The van der Waals surface area contributed by atoms with Crippen LogP contribution in [0, 0.1) is 17.3 Å². The van der Waals surface area contributed by atoms with Crippen molar-refractivity contribution in [1.82, 2.24) is 0 Å². The number of allylic oxidation sites excluding steroid dienone is 8. The molecule has 0 aromatic rings. The third kappa shape index (κ3) is 2.77. The van der Waals surface area contributed by atoms with Gasteiger partial charge in [0.2, 0.25) is 0 Å². The van der Waals surface area contributed by atoms with E-state index in [1.807, 2.05) is 0 Å². The van der Waals surface area contributed by atoms with Crippen LogP contribution in [-0.2, 0) is 9.59 Å². The molecule has 0 saturated carbocycles. The minimum absolute atomic E-state index is 0.599. The Morgan fingerprint density at radius 2 is 0.870 bits per heavy atom. The molecule has 2 nitrogen and oxygen atoms in total. The monoisotopic (exact) mass is 336 g/mol. The summed E-state index contributed by atoms with van der Waals surface area (Å²) in [5.74, 6) is -5.62. The second-order valence-electron chi connectivity index (χ2n) is 5.16. The zero-order valence-electron chi connectivity index (χ0n) is 11.4. The Morgan fingerprint density at radius 3 is 1.09 bits per heavy atom. The first kappa shape index (κ1) is 17.2. The number of ketones is 2. The minimum atomic E-state index is -5.66. The van der Waals surface area contributed by atoms with E-state index in [2.05, 4.69) is 0 Å². The Labute approximate surface area is 126 Å². The van der Waals surface area contributed by atoms with Gasteiger partial charge >= 0.3 is 12.4 Å². The second kappa shape index (κ2) is 5.50. The average Bonchev–Trinajstić information content (AvgIpc) is 2.40. The van der Waals surface area contributed by atoms with Crippen LogP contribution < -0.4 is 0 Å². The van der Waals surface area contributed by atoms with Crippen LogP contribution in [0.15, 0.2) is 48.6 Å². The van der Waals surface area contributed by atoms with Gasteiger partial charge < -0.3 is 0 Å². The van der Waals surface area contributed by atoms with Crippen molar-refractivity contribution in [3.05, 3.63) is 48.6 Å². The lowest BCUT2D eigenvalue weighted by Gasteiger charge is -2.45. The molecule has 2 rings (SSSR count). The Kier molecular flexibility index (Phi) is 4.13. The van der Waals surface area contributed by atoms with Gasteiger partial charge in [0.05, 0.1) is 0 Å². The van der Waals surface area contributed by atoms with Gasteiger partial charge in [-0.15, -0.1) is 0 Å². The zero-order chi connectivity index (χ0) is 17.5. The molecule has 0 amide bonds. The van der Waals surface area contributed by atoms with Crippen molar-refractivity contribution >= 4 is 11.6 Å². The summed E-state index contributed by atoms with van der Waals surface area (Å²) in [6, 6.07) is 0. The molecule has 0 radical (unpaired) electrons. The maximum absolute atomic E-state index is 13.6. The van der Waals surface area contributed by atoms with Crippen molar-refractivity contribution in [1.29, 1.82) is 0 Å². The molecule has 0 aliphatic heterocycles. The van der Waals surface area contributed by atoms with Crippen LogP contribution in [0.25, 0.3) is 0 Å². The summed E-state index contributed by atoms with van der Waals surface area (Å²) in [6.45, 7) is 0. The van der Waals surface area contributed by atoms with Crippen LogP contribution in [-0.4, -0.2) is 23.9 Å². The molecule has 0 aromatic heterocycles. The van der Waals surface area contributed by atoms with Crippen LogP contribution in [0.1, 0.15) is 0 Å². The molecule has 124 valence electrons. The van der Waals surface area contributed by atoms with Crippen LogP contribution in [0.3, 0.4) is 0 Å². The molecule has 0 saturated heterocycles. The first-order valence-corrected chi connectivity index (χ1v) is 6.44. The lowest BCUT2D eigenvalue weighted by atomic mass is 9.63. The van der Waals surface area contributed by atoms with E-state index >= 15 is 0 Å². The lowest BCUT2D eigenvalue weighted by molar-refractivity contribution is -0.358. The normalized spacial score (nSPS) is 20.6. The number of carbonyl (C=O) groups is 2. The molecule has 0 N–H and O–H groups in total. The van der Waals surface area contributed by atoms with Crippen molar-refractivity contribution in [3.63, 3.8) is 0 Å². The van der Waals surface area contributed by atoms with Gasteiger partial charge in [-0.25, -0.2) is 0 Å². The maximum Gasteiger partial charge on any atom is 0.404 e. The topological polar surface area (TPSA) is 34.1 Å². The summed E-state index contributed by atoms with van der Waals surface area (Å²) in [5, 5.41) is 0. The number of hydrogen-bond donors (Lipinski definition) is 0. The number of carbonyl (C=O) groups excluding carboxylic acids is 2. The van der Waals surface area contributed by atoms with E-state index in [0.717, 1.165) is 0 Å². The highest BCUT2D eigenvalue weighted by molar-refractivity contribution is 6.00. The Balaban J connectivity index is 2.67. The summed E-state index contributed by atoms with van der Waals surface area (Å²) >= 11 is 0. The highest BCUT2D eigenvalue weighted by Gasteiger charge is 2.75. The molecule has 0 atom stereocenters. The summed E-state index contributed by atoms with van der Waals surface area (Å²) in [4.78, 5) is 22.1. The summed E-state index contributed by atoms with van der Waals surface area (Å²) in [5.41, 5.74) is -4.17. The van der Waals surface area contributed by atoms with E-state index in [4.69, 9.17) is 0 Å². The van der Waals surface area contributed by atoms with Gasteiger partial charge in [-0.3, -0.25) is 9.59 Å². The number of rotatable bonds is 2. The lowest BCUT2D eigenvalue weighted by Crippen LogP contribution is -2.58. The summed E-state index contributed by atoms with van der Waals surface area (Å²) in [6.07, 6.45) is -6.21. The van der Waals surface area contributed by atoms with Crippen molar-refractivity contribution in [3.8, 4) is 0 Å². The van der Waals surface area contributed by atoms with Crippen molar-refractivity contribution in [2.75, 3.05) is 0 Å². The van der Waals surface area contributed by atoms with Crippen LogP contribution in [0.4, 0.5) is 26.3 Å². The molecule has 0 bridgehead atoms. The molecule has 2 aliphatic carbocycles. The molecule has 2 aliphatic rings. The average molecular weight is 336 g/mol. The molecule has 0 unspecified atom stereocenters. The smallest absolute Gasteiger partial charge is 0.290 e. The van der Waals surface area contributed by atoms with Crippen LogP contribution in [0.5, 0.6) is 0 Å². The molecular formula is C15H10F6O2. The number of alkyl halides is 6. The van der Waals surface area contributed by atoms with Gasteiger partial charge in [0, 0.05) is 11.8 Å². The third-order valence-electron chi connectivity index (χ3n) is 3.86. The fourth-order valence-electron chi connectivity index (χ4n) is 2.78. The van der Waals surface area contributed by atoms with E-state index in [-0.39, 0.29) is 0 Å². The third-order valence-corrected chi connectivity index (χ3v) is 3.86. The standard InChI is InChI=1S/C15H10F6O2/c16-14(17,18)13(15(19,20)21,9-1-5-11(22)6-2-9)10-3-7-12(23)8-4-10/h1-10H. The molecule has 0 fully saturated rings. The first-order valence-electron chi connectivity index (χ1n) is 6.44. The van der Waals surface area contributed by atoms with Gasteiger partial charge in [0.1, 0.15) is 0 Å². The Bertz CT molecular complexity index is 545. The van der Waals surface area contributed by atoms with Crippen molar-refractivity contribution < 1.29 is 35.9 Å². The molecule has 23 heavy (non-hydrogen) atoms. The van der Waals surface area contributed by atoms with E-state index in [9.17, 15) is 35.9 Å². The SMILES string of the molecule is O=C1C=CC(C(C2C=CC(=O)C=C2)(C(F)(F)F)C(F)(F)F)C=C1. The largest absolute Gasteiger partial charge is 0.404 e. The van der Waals surface area contributed by atoms with E-state index < -0.39 is 41.2 Å². The molecule has 8 heteroatoms. The highest BCUT2D eigenvalue weighted by Crippen LogP contribution is 2.61. The van der Waals surface area contributed by atoms with Crippen molar-refractivity contribution in [2.45, 2.75) is 12.4 Å². The van der Waals surface area contributed by atoms with Gasteiger partial charge in [0.25, 0.3) is 0 Å². The summed E-state index contributed by atoms with van der Waals surface area (Å²) < 4.78 is 81.7. The van der Waals surface area contributed by atoms with Gasteiger partial charge in [-0.05, 0) is 24.3 Å². The second-order valence-corrected chi connectivity index (χ2v) is 5.16. The first-order chi connectivity index (χ1) is 10.5. The highest BCUT2D eigenvalue weighted by atomic mass is 19.4. The van der Waals surface area contributed by atoms with Crippen LogP contribution in [0.2, 0.25) is 0 Å². The van der Waals surface area contributed by atoms with E-state index in [1.165, 1.54) is 0 Å². The summed E-state index contributed by atoms with van der Waals surface area (Å²) in [7, 11) is 0. The number of hydrogen-bond acceptors (Lipinski definition) is 2. The molecule has 0 aromatic carbocycles. The Hall–Kier alpha value is -2.12. The van der Waals surface area contributed by atoms with Gasteiger partial charge in [-0.2, -0.15) is 26.3 Å². The van der Waals surface area contributed by atoms with E-state index in [0.29, 0.717) is 48.6 Å². The maximum atomic E-state index is 13.6. The van der Waals surface area contributed by atoms with Crippen molar-refractivity contribution in [2.24, 2.45) is 17.3 Å². The fourth-order valence-corrected chi connectivity index (χ4v) is 2.78. The fraction of sp³-hybridized carbons (Fsp3) is 0.333.